The van der Waals surface area contributed by atoms with Crippen LogP contribution >= 0.6 is 0 Å². The first-order valence-corrected chi connectivity index (χ1v) is 7.67. The molecule has 1 aliphatic heterocycles. The zero-order valence-corrected chi connectivity index (χ0v) is 12.6. The number of unbranched alkanes of at least 4 members (excludes halogenated alkanes) is 1. The van der Waals surface area contributed by atoms with Gasteiger partial charge in [0.15, 0.2) is 0 Å². The van der Waals surface area contributed by atoms with Crippen LogP contribution in [0.2, 0.25) is 0 Å². The Balaban J connectivity index is 2.06. The van der Waals surface area contributed by atoms with Crippen LogP contribution in [0, 0.1) is 6.92 Å². The highest BCUT2D eigenvalue weighted by Gasteiger charge is 2.28. The number of rotatable bonds is 6. The molecule has 0 aromatic heterocycles. The van der Waals surface area contributed by atoms with E-state index in [0.29, 0.717) is 6.54 Å². The van der Waals surface area contributed by atoms with Gasteiger partial charge in [-0.25, -0.2) is 0 Å². The van der Waals surface area contributed by atoms with E-state index in [-0.39, 0.29) is 12.0 Å². The highest BCUT2D eigenvalue weighted by atomic mass is 16.5. The van der Waals surface area contributed by atoms with E-state index in [9.17, 15) is 4.79 Å². The van der Waals surface area contributed by atoms with Crippen LogP contribution in [0.25, 0.3) is 0 Å². The minimum atomic E-state index is -0.212. The first kappa shape index (κ1) is 15.0. The zero-order valence-electron chi connectivity index (χ0n) is 12.6. The molecule has 0 aliphatic carbocycles. The molecule has 2 rings (SSSR count). The van der Waals surface area contributed by atoms with Crippen molar-refractivity contribution in [3.63, 3.8) is 0 Å². The van der Waals surface area contributed by atoms with Crippen LogP contribution < -0.4 is 0 Å². The van der Waals surface area contributed by atoms with Gasteiger partial charge in [-0.05, 0) is 37.3 Å². The Kier molecular flexibility index (Phi) is 5.60. The molecule has 1 atom stereocenters. The van der Waals surface area contributed by atoms with E-state index in [1.54, 1.807) is 0 Å². The van der Waals surface area contributed by atoms with Crippen molar-refractivity contribution in [1.82, 2.24) is 4.90 Å². The summed E-state index contributed by atoms with van der Waals surface area (Å²) in [6.45, 7) is 6.50. The maximum atomic E-state index is 12.6. The summed E-state index contributed by atoms with van der Waals surface area (Å²) in [5.41, 5.74) is 2.48. The van der Waals surface area contributed by atoms with Gasteiger partial charge < -0.3 is 9.64 Å². The predicted molar refractivity (Wildman–Crippen MR) is 80.5 cm³/mol. The largest absolute Gasteiger partial charge is 0.368 e. The average molecular weight is 275 g/mol. The molecular weight excluding hydrogens is 250 g/mol. The summed E-state index contributed by atoms with van der Waals surface area (Å²) in [7, 11) is 0. The average Bonchev–Trinajstić information content (AvgIpc) is 2.99. The van der Waals surface area contributed by atoms with Gasteiger partial charge in [0.25, 0.3) is 5.91 Å². The van der Waals surface area contributed by atoms with E-state index in [1.165, 1.54) is 11.1 Å². The zero-order chi connectivity index (χ0) is 14.4. The van der Waals surface area contributed by atoms with Crippen LogP contribution in [0.4, 0.5) is 0 Å². The summed E-state index contributed by atoms with van der Waals surface area (Å²) in [6, 6.07) is 8.29. The standard InChI is InChI=1S/C17H25NO2/c1-3-4-11-18(17(19)16-10-7-12-20-16)13-15-9-6-5-8-14(15)2/h5-6,8-9,16H,3-4,7,10-13H2,1-2H3/t16-/m1/s1. The Morgan fingerprint density at radius 1 is 1.40 bits per heavy atom. The summed E-state index contributed by atoms with van der Waals surface area (Å²) >= 11 is 0. The Morgan fingerprint density at radius 2 is 2.20 bits per heavy atom. The number of nitrogens with zero attached hydrogens (tertiary/aromatic N) is 1. The third kappa shape index (κ3) is 3.83. The first-order chi connectivity index (χ1) is 9.72. The van der Waals surface area contributed by atoms with E-state index in [1.807, 2.05) is 17.0 Å². The van der Waals surface area contributed by atoms with Gasteiger partial charge in [0.05, 0.1) is 0 Å². The van der Waals surface area contributed by atoms with Crippen LogP contribution in [0.15, 0.2) is 24.3 Å². The highest BCUT2D eigenvalue weighted by Crippen LogP contribution is 2.18. The molecule has 0 saturated carbocycles. The van der Waals surface area contributed by atoms with Gasteiger partial charge in [0.2, 0.25) is 0 Å². The number of carbonyl (C=O) groups excluding carboxylic acids is 1. The van der Waals surface area contributed by atoms with Gasteiger partial charge >= 0.3 is 0 Å². The molecule has 1 saturated heterocycles. The molecule has 1 heterocycles. The molecule has 0 unspecified atom stereocenters. The minimum absolute atomic E-state index is 0.166. The SMILES string of the molecule is CCCCN(Cc1ccccc1C)C(=O)[C@H]1CCCO1. The Hall–Kier alpha value is -1.35. The number of aryl methyl sites for hydroxylation is 1. The third-order valence-electron chi connectivity index (χ3n) is 3.92. The number of hydrogen-bond donors (Lipinski definition) is 0. The number of hydrogen-bond acceptors (Lipinski definition) is 2. The molecule has 1 aromatic carbocycles. The van der Waals surface area contributed by atoms with Gasteiger partial charge in [-0.1, -0.05) is 37.6 Å². The number of benzene rings is 1. The molecule has 20 heavy (non-hydrogen) atoms. The molecule has 3 nitrogen and oxygen atoms in total. The maximum absolute atomic E-state index is 12.6. The minimum Gasteiger partial charge on any atom is -0.368 e. The number of amides is 1. The van der Waals surface area contributed by atoms with Crippen molar-refractivity contribution in [3.05, 3.63) is 35.4 Å². The Bertz CT molecular complexity index is 438. The van der Waals surface area contributed by atoms with Gasteiger partial charge in [0, 0.05) is 19.7 Å². The highest BCUT2D eigenvalue weighted by molar-refractivity contribution is 5.81. The third-order valence-corrected chi connectivity index (χ3v) is 3.92. The lowest BCUT2D eigenvalue weighted by Gasteiger charge is -2.26. The van der Waals surface area contributed by atoms with Crippen molar-refractivity contribution in [2.45, 2.75) is 52.2 Å². The lowest BCUT2D eigenvalue weighted by atomic mass is 10.1. The fourth-order valence-electron chi connectivity index (χ4n) is 2.59. The van der Waals surface area contributed by atoms with E-state index >= 15 is 0 Å². The molecule has 110 valence electrons. The van der Waals surface area contributed by atoms with Crippen molar-refractivity contribution in [1.29, 1.82) is 0 Å². The van der Waals surface area contributed by atoms with Gasteiger partial charge in [-0.3, -0.25) is 4.79 Å². The first-order valence-electron chi connectivity index (χ1n) is 7.67. The van der Waals surface area contributed by atoms with Gasteiger partial charge in [0.1, 0.15) is 6.10 Å². The summed E-state index contributed by atoms with van der Waals surface area (Å²) < 4.78 is 5.55. The van der Waals surface area contributed by atoms with Crippen molar-refractivity contribution in [3.8, 4) is 0 Å². The van der Waals surface area contributed by atoms with Crippen molar-refractivity contribution in [2.24, 2.45) is 0 Å². The van der Waals surface area contributed by atoms with Crippen LogP contribution in [0.3, 0.4) is 0 Å². The Morgan fingerprint density at radius 3 is 2.85 bits per heavy atom. The predicted octanol–water partition coefficient (Wildman–Crippen LogP) is 3.30. The summed E-state index contributed by atoms with van der Waals surface area (Å²) in [5, 5.41) is 0. The van der Waals surface area contributed by atoms with Crippen LogP contribution in [-0.2, 0) is 16.1 Å². The normalized spacial score (nSPS) is 18.2. The van der Waals surface area contributed by atoms with Crippen LogP contribution in [-0.4, -0.2) is 30.1 Å². The quantitative estimate of drug-likeness (QED) is 0.797. The van der Waals surface area contributed by atoms with Crippen molar-refractivity contribution in [2.75, 3.05) is 13.2 Å². The molecule has 1 amide bonds. The smallest absolute Gasteiger partial charge is 0.251 e. The molecular formula is C17H25NO2. The summed E-state index contributed by atoms with van der Waals surface area (Å²) in [6.07, 6.45) is 3.81. The molecule has 3 heteroatoms. The van der Waals surface area contributed by atoms with E-state index in [0.717, 1.165) is 38.8 Å². The molecule has 0 bridgehead atoms. The van der Waals surface area contributed by atoms with Gasteiger partial charge in [-0.2, -0.15) is 0 Å². The fraction of sp³-hybridized carbons (Fsp3) is 0.588. The second-order valence-electron chi connectivity index (χ2n) is 5.54. The summed E-state index contributed by atoms with van der Waals surface area (Å²) in [4.78, 5) is 14.5. The van der Waals surface area contributed by atoms with Crippen LogP contribution in [0.5, 0.6) is 0 Å². The molecule has 0 spiro atoms. The fourth-order valence-corrected chi connectivity index (χ4v) is 2.59. The van der Waals surface area contributed by atoms with E-state index < -0.39 is 0 Å². The Labute approximate surface area is 121 Å². The molecule has 0 radical (unpaired) electrons. The topological polar surface area (TPSA) is 29.5 Å². The monoisotopic (exact) mass is 275 g/mol. The van der Waals surface area contributed by atoms with Crippen molar-refractivity contribution >= 4 is 5.91 Å². The van der Waals surface area contributed by atoms with Crippen molar-refractivity contribution < 1.29 is 9.53 Å². The second kappa shape index (κ2) is 7.44. The van der Waals surface area contributed by atoms with E-state index in [2.05, 4.69) is 26.0 Å². The van der Waals surface area contributed by atoms with E-state index in [4.69, 9.17) is 4.74 Å². The lowest BCUT2D eigenvalue weighted by Crippen LogP contribution is -2.39. The summed E-state index contributed by atoms with van der Waals surface area (Å²) in [5.74, 6) is 0.166. The number of ether oxygens (including phenoxy) is 1. The molecule has 1 aliphatic rings. The maximum Gasteiger partial charge on any atom is 0.251 e. The molecule has 0 N–H and O–H groups in total. The molecule has 1 fully saturated rings. The number of carbonyl (C=O) groups is 1. The molecule has 1 aromatic rings. The lowest BCUT2D eigenvalue weighted by molar-refractivity contribution is -0.141. The second-order valence-corrected chi connectivity index (χ2v) is 5.54. The van der Waals surface area contributed by atoms with Gasteiger partial charge in [-0.15, -0.1) is 0 Å². The van der Waals surface area contributed by atoms with Crippen LogP contribution in [0.1, 0.15) is 43.7 Å².